The van der Waals surface area contributed by atoms with E-state index in [1.165, 1.54) is 12.8 Å². The Hall–Kier alpha value is -0.930. The first-order chi connectivity index (χ1) is 8.04. The third kappa shape index (κ3) is 2.50. The summed E-state index contributed by atoms with van der Waals surface area (Å²) in [6, 6.07) is 3.53. The van der Waals surface area contributed by atoms with Crippen LogP contribution in [0, 0.1) is 31.5 Å². The quantitative estimate of drug-likeness (QED) is 0.623. The van der Waals surface area contributed by atoms with E-state index < -0.39 is 0 Å². The maximum absolute atomic E-state index is 14.1. The van der Waals surface area contributed by atoms with Crippen molar-refractivity contribution in [2.24, 2.45) is 17.7 Å². The van der Waals surface area contributed by atoms with Gasteiger partial charge in [0.2, 0.25) is 0 Å². The second kappa shape index (κ2) is 4.75. The fourth-order valence-corrected chi connectivity index (χ4v) is 2.71. The molecule has 0 heterocycles. The number of aryl methyl sites for hydroxylation is 2. The lowest BCUT2D eigenvalue weighted by Crippen LogP contribution is -2.34. The maximum atomic E-state index is 14.1. The van der Waals surface area contributed by atoms with E-state index in [0.717, 1.165) is 16.7 Å². The third-order valence-corrected chi connectivity index (χ3v) is 3.86. The normalized spacial score (nSPS) is 19.1. The van der Waals surface area contributed by atoms with Crippen molar-refractivity contribution in [3.05, 3.63) is 34.6 Å². The van der Waals surface area contributed by atoms with Crippen molar-refractivity contribution in [3.63, 3.8) is 0 Å². The molecule has 3 N–H and O–H groups in total. The fraction of sp³-hybridized carbons (Fsp3) is 0.571. The van der Waals surface area contributed by atoms with E-state index in [2.05, 4.69) is 12.3 Å². The standard InChI is InChI=1S/C14H21FN2/c1-8-6-9(2)13(12(15)7-8)14(17-16)10(3)11-4-5-11/h6-7,10-11,14,17H,4-5,16H2,1-3H3. The molecule has 2 rings (SSSR count). The van der Waals surface area contributed by atoms with Gasteiger partial charge in [-0.15, -0.1) is 0 Å². The Bertz CT molecular complexity index is 390. The van der Waals surface area contributed by atoms with Crippen molar-refractivity contribution >= 4 is 0 Å². The summed E-state index contributed by atoms with van der Waals surface area (Å²) >= 11 is 0. The van der Waals surface area contributed by atoms with Gasteiger partial charge in [0.25, 0.3) is 0 Å². The third-order valence-electron chi connectivity index (χ3n) is 3.86. The van der Waals surface area contributed by atoms with Gasteiger partial charge in [0.05, 0.1) is 6.04 Å². The Labute approximate surface area is 102 Å². The van der Waals surface area contributed by atoms with Crippen LogP contribution >= 0.6 is 0 Å². The molecule has 1 aromatic carbocycles. The topological polar surface area (TPSA) is 38.0 Å². The molecule has 0 spiro atoms. The van der Waals surface area contributed by atoms with E-state index in [9.17, 15) is 4.39 Å². The molecule has 1 fully saturated rings. The zero-order valence-electron chi connectivity index (χ0n) is 10.8. The van der Waals surface area contributed by atoms with Gasteiger partial charge in [-0.3, -0.25) is 11.3 Å². The average molecular weight is 236 g/mol. The second-order valence-electron chi connectivity index (χ2n) is 5.32. The molecular weight excluding hydrogens is 215 g/mol. The molecule has 0 amide bonds. The zero-order chi connectivity index (χ0) is 12.6. The Balaban J connectivity index is 2.35. The molecule has 0 saturated heterocycles. The summed E-state index contributed by atoms with van der Waals surface area (Å²) in [6.07, 6.45) is 2.48. The van der Waals surface area contributed by atoms with Gasteiger partial charge in [0, 0.05) is 5.56 Å². The van der Waals surface area contributed by atoms with Gasteiger partial charge < -0.3 is 0 Å². The predicted octanol–water partition coefficient (Wildman–Crippen LogP) is 2.99. The van der Waals surface area contributed by atoms with E-state index in [1.54, 1.807) is 6.07 Å². The molecule has 17 heavy (non-hydrogen) atoms. The number of hydrazine groups is 1. The second-order valence-corrected chi connectivity index (χ2v) is 5.32. The van der Waals surface area contributed by atoms with Crippen molar-refractivity contribution in [1.29, 1.82) is 0 Å². The van der Waals surface area contributed by atoms with Crippen LogP contribution in [0.1, 0.15) is 42.5 Å². The lowest BCUT2D eigenvalue weighted by atomic mass is 9.88. The highest BCUT2D eigenvalue weighted by Crippen LogP contribution is 2.43. The van der Waals surface area contributed by atoms with Crippen LogP contribution in [-0.4, -0.2) is 0 Å². The minimum Gasteiger partial charge on any atom is -0.271 e. The summed E-state index contributed by atoms with van der Waals surface area (Å²) in [5, 5.41) is 0. The molecule has 3 heteroatoms. The van der Waals surface area contributed by atoms with Gasteiger partial charge in [-0.05, 0) is 55.7 Å². The van der Waals surface area contributed by atoms with E-state index in [1.807, 2.05) is 19.9 Å². The van der Waals surface area contributed by atoms with Crippen LogP contribution < -0.4 is 11.3 Å². The first-order valence-electron chi connectivity index (χ1n) is 6.27. The largest absolute Gasteiger partial charge is 0.271 e. The number of hydrogen-bond acceptors (Lipinski definition) is 2. The SMILES string of the molecule is Cc1cc(C)c(C(NN)C(C)C2CC2)c(F)c1. The summed E-state index contributed by atoms with van der Waals surface area (Å²) in [5.74, 6) is 6.57. The molecule has 1 aromatic rings. The van der Waals surface area contributed by atoms with Crippen LogP contribution in [0.15, 0.2) is 12.1 Å². The molecule has 0 aromatic heterocycles. The predicted molar refractivity (Wildman–Crippen MR) is 67.8 cm³/mol. The van der Waals surface area contributed by atoms with Crippen molar-refractivity contribution in [2.45, 2.75) is 39.7 Å². The minimum atomic E-state index is -0.141. The highest BCUT2D eigenvalue weighted by atomic mass is 19.1. The summed E-state index contributed by atoms with van der Waals surface area (Å²) < 4.78 is 14.1. The van der Waals surface area contributed by atoms with E-state index in [0.29, 0.717) is 11.8 Å². The Morgan fingerprint density at radius 3 is 2.47 bits per heavy atom. The van der Waals surface area contributed by atoms with Crippen LogP contribution in [0.5, 0.6) is 0 Å². The summed E-state index contributed by atoms with van der Waals surface area (Å²) in [5.41, 5.74) is 5.48. The molecule has 1 aliphatic carbocycles. The minimum absolute atomic E-state index is 0.0805. The zero-order valence-corrected chi connectivity index (χ0v) is 10.8. The van der Waals surface area contributed by atoms with Crippen LogP contribution in [0.3, 0.4) is 0 Å². The van der Waals surface area contributed by atoms with Crippen molar-refractivity contribution in [1.82, 2.24) is 5.43 Å². The summed E-state index contributed by atoms with van der Waals surface area (Å²) in [6.45, 7) is 6.02. The van der Waals surface area contributed by atoms with E-state index in [-0.39, 0.29) is 11.9 Å². The summed E-state index contributed by atoms with van der Waals surface area (Å²) in [7, 11) is 0. The maximum Gasteiger partial charge on any atom is 0.128 e. The fourth-order valence-electron chi connectivity index (χ4n) is 2.71. The van der Waals surface area contributed by atoms with Crippen LogP contribution in [0.4, 0.5) is 4.39 Å². The van der Waals surface area contributed by atoms with Gasteiger partial charge in [-0.25, -0.2) is 4.39 Å². The highest BCUT2D eigenvalue weighted by molar-refractivity contribution is 5.34. The van der Waals surface area contributed by atoms with E-state index >= 15 is 0 Å². The number of hydrogen-bond donors (Lipinski definition) is 2. The molecule has 1 saturated carbocycles. The Morgan fingerprint density at radius 2 is 2.00 bits per heavy atom. The molecule has 1 aliphatic rings. The number of nitrogens with one attached hydrogen (secondary N) is 1. The van der Waals surface area contributed by atoms with Crippen LogP contribution in [0.25, 0.3) is 0 Å². The smallest absolute Gasteiger partial charge is 0.128 e. The monoisotopic (exact) mass is 236 g/mol. The lowest BCUT2D eigenvalue weighted by Gasteiger charge is -2.25. The molecular formula is C14H21FN2. The molecule has 2 nitrogen and oxygen atoms in total. The molecule has 0 bridgehead atoms. The Morgan fingerprint density at radius 1 is 1.35 bits per heavy atom. The first kappa shape index (κ1) is 12.5. The Kier molecular flexibility index (Phi) is 3.50. The van der Waals surface area contributed by atoms with Crippen LogP contribution in [-0.2, 0) is 0 Å². The van der Waals surface area contributed by atoms with Gasteiger partial charge in [0.1, 0.15) is 5.82 Å². The molecule has 94 valence electrons. The van der Waals surface area contributed by atoms with Gasteiger partial charge in [-0.1, -0.05) is 13.0 Å². The summed E-state index contributed by atoms with van der Waals surface area (Å²) in [4.78, 5) is 0. The van der Waals surface area contributed by atoms with Crippen molar-refractivity contribution in [2.75, 3.05) is 0 Å². The number of nitrogens with two attached hydrogens (primary N) is 1. The number of rotatable bonds is 4. The molecule has 2 unspecified atom stereocenters. The molecule has 0 radical (unpaired) electrons. The highest BCUT2D eigenvalue weighted by Gasteiger charge is 2.35. The van der Waals surface area contributed by atoms with Gasteiger partial charge in [-0.2, -0.15) is 0 Å². The molecule has 0 aliphatic heterocycles. The van der Waals surface area contributed by atoms with Crippen LogP contribution in [0.2, 0.25) is 0 Å². The van der Waals surface area contributed by atoms with Gasteiger partial charge >= 0.3 is 0 Å². The number of halogens is 1. The average Bonchev–Trinajstić information content (AvgIpc) is 3.05. The lowest BCUT2D eigenvalue weighted by molar-refractivity contribution is 0.343. The van der Waals surface area contributed by atoms with E-state index in [4.69, 9.17) is 5.84 Å². The number of benzene rings is 1. The molecule has 2 atom stereocenters. The first-order valence-corrected chi connectivity index (χ1v) is 6.27. The van der Waals surface area contributed by atoms with Crippen molar-refractivity contribution in [3.8, 4) is 0 Å². The van der Waals surface area contributed by atoms with Gasteiger partial charge in [0.15, 0.2) is 0 Å². The van der Waals surface area contributed by atoms with Crippen molar-refractivity contribution < 1.29 is 4.39 Å².